The van der Waals surface area contributed by atoms with Crippen molar-refractivity contribution in [2.45, 2.75) is 19.8 Å². The molecule has 19 heavy (non-hydrogen) atoms. The highest BCUT2D eigenvalue weighted by Gasteiger charge is 2.07. The predicted octanol–water partition coefficient (Wildman–Crippen LogP) is 2.11. The maximum absolute atomic E-state index is 11.9. The molecule has 1 aromatic carbocycles. The number of Topliss-reactive ketones (excluding diaryl/α,β-unsaturated/α-hetero) is 1. The Kier molecular flexibility index (Phi) is 5.00. The van der Waals surface area contributed by atoms with E-state index in [4.69, 9.17) is 4.74 Å². The first-order valence-electron chi connectivity index (χ1n) is 6.77. The number of carbonyl (C=O) groups is 1. The molecule has 0 N–H and O–H groups in total. The maximum Gasteiger partial charge on any atom is 0.237 e. The van der Waals surface area contributed by atoms with Gasteiger partial charge in [0.15, 0.2) is 0 Å². The van der Waals surface area contributed by atoms with Crippen LogP contribution < -0.4 is 0 Å². The van der Waals surface area contributed by atoms with Crippen LogP contribution in [0.2, 0.25) is 0 Å². The van der Waals surface area contributed by atoms with Crippen molar-refractivity contribution in [3.05, 3.63) is 35.4 Å². The Morgan fingerprint density at radius 3 is 2.58 bits per heavy atom. The summed E-state index contributed by atoms with van der Waals surface area (Å²) in [7, 11) is 0. The van der Waals surface area contributed by atoms with Crippen LogP contribution in [-0.4, -0.2) is 37.0 Å². The topological polar surface area (TPSA) is 29.5 Å². The highest BCUT2D eigenvalue weighted by atomic mass is 16.5. The Morgan fingerprint density at radius 1 is 1.26 bits per heavy atom. The fourth-order valence-electron chi connectivity index (χ4n) is 1.99. The predicted molar refractivity (Wildman–Crippen MR) is 74.9 cm³/mol. The van der Waals surface area contributed by atoms with Gasteiger partial charge >= 0.3 is 0 Å². The zero-order valence-corrected chi connectivity index (χ0v) is 11.3. The van der Waals surface area contributed by atoms with Gasteiger partial charge in [-0.1, -0.05) is 37.6 Å². The van der Waals surface area contributed by atoms with Crippen LogP contribution in [0.4, 0.5) is 0 Å². The molecular weight excluding hydrogens is 238 g/mol. The third-order valence-electron chi connectivity index (χ3n) is 3.09. The van der Waals surface area contributed by atoms with Gasteiger partial charge in [-0.15, -0.1) is 0 Å². The van der Waals surface area contributed by atoms with Crippen LogP contribution in [0.3, 0.4) is 0 Å². The Morgan fingerprint density at radius 2 is 1.95 bits per heavy atom. The zero-order chi connectivity index (χ0) is 13.5. The highest BCUT2D eigenvalue weighted by molar-refractivity contribution is 6.08. The molecule has 1 aliphatic heterocycles. The summed E-state index contributed by atoms with van der Waals surface area (Å²) in [6, 6.07) is 10.7. The molecule has 1 aliphatic rings. The second-order valence-corrected chi connectivity index (χ2v) is 4.61. The number of carbonyl (C=O) groups excluding carboxylic acids is 1. The van der Waals surface area contributed by atoms with Gasteiger partial charge in [0.25, 0.3) is 0 Å². The number of benzene rings is 1. The molecule has 3 nitrogen and oxygen atoms in total. The molecule has 0 saturated carbocycles. The van der Waals surface area contributed by atoms with Crippen molar-refractivity contribution >= 4 is 5.78 Å². The lowest BCUT2D eigenvalue weighted by atomic mass is 10.1. The second kappa shape index (κ2) is 6.96. The van der Waals surface area contributed by atoms with Gasteiger partial charge in [0.1, 0.15) is 0 Å². The standard InChI is InChI=1S/C16H19NO2/c1-2-3-14-4-6-15(7-5-14)16(18)8-9-17-10-12-19-13-11-17/h4-7H,2-3,10-13H2,1H3. The largest absolute Gasteiger partial charge is 0.378 e. The van der Waals surface area contributed by atoms with E-state index in [0.29, 0.717) is 18.8 Å². The van der Waals surface area contributed by atoms with Crippen LogP contribution >= 0.6 is 0 Å². The molecule has 0 bridgehead atoms. The third-order valence-corrected chi connectivity index (χ3v) is 3.09. The molecule has 1 aromatic rings. The zero-order valence-electron chi connectivity index (χ0n) is 11.3. The number of hydrogen-bond donors (Lipinski definition) is 0. The molecular formula is C16H19NO2. The molecule has 0 atom stereocenters. The van der Waals surface area contributed by atoms with E-state index in [9.17, 15) is 4.79 Å². The molecule has 1 heterocycles. The summed E-state index contributed by atoms with van der Waals surface area (Å²) in [4.78, 5) is 13.9. The van der Waals surface area contributed by atoms with E-state index < -0.39 is 0 Å². The van der Waals surface area contributed by atoms with E-state index in [1.54, 1.807) is 0 Å². The Labute approximate surface area is 114 Å². The lowest BCUT2D eigenvalue weighted by Gasteiger charge is -2.22. The average molecular weight is 257 g/mol. The molecule has 1 saturated heterocycles. The van der Waals surface area contributed by atoms with E-state index in [1.807, 2.05) is 29.2 Å². The van der Waals surface area contributed by atoms with Crippen molar-refractivity contribution in [3.8, 4) is 12.0 Å². The van der Waals surface area contributed by atoms with E-state index in [0.717, 1.165) is 25.9 Å². The van der Waals surface area contributed by atoms with Gasteiger partial charge in [0.05, 0.1) is 13.2 Å². The number of nitrogens with zero attached hydrogens (tertiary/aromatic N) is 1. The number of aryl methyl sites for hydroxylation is 1. The summed E-state index contributed by atoms with van der Waals surface area (Å²) >= 11 is 0. The van der Waals surface area contributed by atoms with Crippen molar-refractivity contribution in [1.29, 1.82) is 0 Å². The highest BCUT2D eigenvalue weighted by Crippen LogP contribution is 2.07. The molecule has 0 spiro atoms. The molecule has 100 valence electrons. The minimum absolute atomic E-state index is 0.116. The van der Waals surface area contributed by atoms with Gasteiger partial charge in [0, 0.05) is 24.7 Å². The van der Waals surface area contributed by atoms with Crippen molar-refractivity contribution < 1.29 is 9.53 Å². The van der Waals surface area contributed by atoms with Crippen molar-refractivity contribution in [3.63, 3.8) is 0 Å². The molecule has 0 radical (unpaired) electrons. The molecule has 0 aromatic heterocycles. The quantitative estimate of drug-likeness (QED) is 0.613. The van der Waals surface area contributed by atoms with E-state index in [-0.39, 0.29) is 5.78 Å². The number of morpholine rings is 1. The summed E-state index contributed by atoms with van der Waals surface area (Å²) in [6.07, 6.45) is 2.16. The Balaban J connectivity index is 1.97. The van der Waals surface area contributed by atoms with Crippen LogP contribution in [0.1, 0.15) is 29.3 Å². The van der Waals surface area contributed by atoms with Crippen LogP contribution in [0.25, 0.3) is 0 Å². The number of hydrogen-bond acceptors (Lipinski definition) is 3. The summed E-state index contributed by atoms with van der Waals surface area (Å²) in [5.41, 5.74) is 1.93. The number of rotatable bonds is 3. The van der Waals surface area contributed by atoms with Crippen molar-refractivity contribution in [2.24, 2.45) is 0 Å². The summed E-state index contributed by atoms with van der Waals surface area (Å²) in [5, 5.41) is 0. The normalized spacial score (nSPS) is 14.7. The molecule has 0 amide bonds. The van der Waals surface area contributed by atoms with Gasteiger partial charge < -0.3 is 9.64 Å². The molecule has 3 heteroatoms. The van der Waals surface area contributed by atoms with E-state index >= 15 is 0 Å². The third kappa shape index (κ3) is 4.11. The first-order valence-corrected chi connectivity index (χ1v) is 6.77. The Hall–Kier alpha value is -1.79. The molecule has 2 rings (SSSR count). The summed E-state index contributed by atoms with van der Waals surface area (Å²) < 4.78 is 5.23. The number of ketones is 1. The van der Waals surface area contributed by atoms with Crippen LogP contribution in [0, 0.1) is 12.0 Å². The molecule has 0 aliphatic carbocycles. The van der Waals surface area contributed by atoms with E-state index in [1.165, 1.54) is 5.56 Å². The van der Waals surface area contributed by atoms with Gasteiger partial charge in [-0.2, -0.15) is 0 Å². The summed E-state index contributed by atoms with van der Waals surface area (Å²) in [6.45, 7) is 5.07. The van der Waals surface area contributed by atoms with E-state index in [2.05, 4.69) is 18.9 Å². The lowest BCUT2D eigenvalue weighted by Crippen LogP contribution is -2.32. The lowest BCUT2D eigenvalue weighted by molar-refractivity contribution is 0.0637. The Bertz CT molecular complexity index is 476. The van der Waals surface area contributed by atoms with Gasteiger partial charge in [-0.05, 0) is 17.9 Å². The SMILES string of the molecule is CCCc1ccc(C(=O)C#CN2CCOCC2)cc1. The molecule has 1 fully saturated rings. The van der Waals surface area contributed by atoms with Crippen LogP contribution in [-0.2, 0) is 11.2 Å². The summed E-state index contributed by atoms with van der Waals surface area (Å²) in [5.74, 6) is 2.59. The first kappa shape index (κ1) is 13.6. The van der Waals surface area contributed by atoms with Gasteiger partial charge in [-0.3, -0.25) is 4.79 Å². The molecule has 0 unspecified atom stereocenters. The second-order valence-electron chi connectivity index (χ2n) is 4.61. The van der Waals surface area contributed by atoms with Crippen molar-refractivity contribution in [1.82, 2.24) is 4.90 Å². The smallest absolute Gasteiger partial charge is 0.237 e. The fourth-order valence-corrected chi connectivity index (χ4v) is 1.99. The fraction of sp³-hybridized carbons (Fsp3) is 0.438. The maximum atomic E-state index is 11.9. The van der Waals surface area contributed by atoms with Crippen LogP contribution in [0.15, 0.2) is 24.3 Å². The average Bonchev–Trinajstić information content (AvgIpc) is 2.47. The number of ether oxygens (including phenoxy) is 1. The van der Waals surface area contributed by atoms with Gasteiger partial charge in [0.2, 0.25) is 5.78 Å². The first-order chi connectivity index (χ1) is 9.29. The van der Waals surface area contributed by atoms with Crippen LogP contribution in [0.5, 0.6) is 0 Å². The minimum atomic E-state index is -0.116. The minimum Gasteiger partial charge on any atom is -0.378 e. The monoisotopic (exact) mass is 257 g/mol. The van der Waals surface area contributed by atoms with Crippen molar-refractivity contribution in [2.75, 3.05) is 26.3 Å². The van der Waals surface area contributed by atoms with Gasteiger partial charge in [-0.25, -0.2) is 0 Å².